The average molecular weight is 392 g/mol. The molecule has 0 saturated heterocycles. The monoisotopic (exact) mass is 391 g/mol. The van der Waals surface area contributed by atoms with E-state index < -0.39 is 0 Å². The molecule has 1 amide bonds. The molecule has 0 atom stereocenters. The summed E-state index contributed by atoms with van der Waals surface area (Å²) in [5.41, 5.74) is 9.46. The minimum atomic E-state index is -0.0927. The number of para-hydroxylation sites is 1. The number of aromatic nitrogens is 1. The number of hydrogen-bond donors (Lipinski definition) is 1. The number of amides is 1. The molecule has 0 aliphatic heterocycles. The molecule has 4 nitrogen and oxygen atoms in total. The first-order valence-electron chi connectivity index (χ1n) is 9.25. The average Bonchev–Trinajstić information content (AvgIpc) is 2.97. The Morgan fingerprint density at radius 3 is 2.54 bits per heavy atom. The first kappa shape index (κ1) is 20.0. The van der Waals surface area contributed by atoms with Crippen molar-refractivity contribution in [1.82, 2.24) is 9.99 Å². The Morgan fingerprint density at radius 2 is 1.79 bits per heavy atom. The maximum absolute atomic E-state index is 12.0. The fraction of sp³-hybridized carbons (Fsp3) is 0.217. The normalized spacial score (nSPS) is 11.1. The first-order chi connectivity index (χ1) is 13.6. The van der Waals surface area contributed by atoms with Crippen LogP contribution in [0, 0.1) is 20.8 Å². The van der Waals surface area contributed by atoms with E-state index in [4.69, 9.17) is 0 Å². The molecule has 1 heterocycles. The number of thioether (sulfide) groups is 1. The maximum Gasteiger partial charge on any atom is 0.250 e. The number of benzene rings is 2. The van der Waals surface area contributed by atoms with Gasteiger partial charge in [0.15, 0.2) is 0 Å². The van der Waals surface area contributed by atoms with Gasteiger partial charge >= 0.3 is 0 Å². The van der Waals surface area contributed by atoms with Gasteiger partial charge in [-0.05, 0) is 44.0 Å². The third kappa shape index (κ3) is 4.93. The summed E-state index contributed by atoms with van der Waals surface area (Å²) >= 11 is 1.58. The molecule has 144 valence electrons. The summed E-state index contributed by atoms with van der Waals surface area (Å²) in [5.74, 6) is 1.11. The van der Waals surface area contributed by atoms with Crippen LogP contribution in [-0.2, 0) is 10.5 Å². The van der Waals surface area contributed by atoms with Gasteiger partial charge in [0, 0.05) is 28.4 Å². The van der Waals surface area contributed by atoms with E-state index in [0.717, 1.165) is 22.7 Å². The zero-order chi connectivity index (χ0) is 19.9. The lowest BCUT2D eigenvalue weighted by atomic mass is 10.2. The molecule has 0 fully saturated rings. The van der Waals surface area contributed by atoms with Gasteiger partial charge in [-0.2, -0.15) is 5.10 Å². The lowest BCUT2D eigenvalue weighted by molar-refractivity contribution is -0.118. The van der Waals surface area contributed by atoms with Gasteiger partial charge in [0.25, 0.3) is 0 Å². The number of nitrogens with one attached hydrogen (secondary N) is 1. The molecule has 0 spiro atoms. The summed E-state index contributed by atoms with van der Waals surface area (Å²) in [6.45, 7) is 6.25. The topological polar surface area (TPSA) is 46.4 Å². The van der Waals surface area contributed by atoms with Gasteiger partial charge in [0.2, 0.25) is 5.91 Å². The summed E-state index contributed by atoms with van der Waals surface area (Å²) in [6, 6.07) is 20.5. The smallest absolute Gasteiger partial charge is 0.250 e. The summed E-state index contributed by atoms with van der Waals surface area (Å²) < 4.78 is 2.22. The second-order valence-corrected chi connectivity index (χ2v) is 7.71. The molecule has 1 aromatic heterocycles. The van der Waals surface area contributed by atoms with Gasteiger partial charge in [-0.3, -0.25) is 4.79 Å². The van der Waals surface area contributed by atoms with Crippen molar-refractivity contribution in [3.05, 3.63) is 88.7 Å². The SMILES string of the molecule is Cc1ccccc1-n1c(C)cc(/C=N/NC(=O)CSCc2ccccc2)c1C. The van der Waals surface area contributed by atoms with Gasteiger partial charge in [0.1, 0.15) is 0 Å². The van der Waals surface area contributed by atoms with Crippen LogP contribution in [0.3, 0.4) is 0 Å². The second kappa shape index (κ2) is 9.42. The van der Waals surface area contributed by atoms with Crippen molar-refractivity contribution in [2.75, 3.05) is 5.75 Å². The molecule has 3 rings (SSSR count). The lowest BCUT2D eigenvalue weighted by Gasteiger charge is -2.12. The standard InChI is InChI=1S/C23H25N3OS/c1-17-9-7-8-12-22(17)26-18(2)13-21(19(26)3)14-24-25-23(27)16-28-15-20-10-5-4-6-11-20/h4-14H,15-16H2,1-3H3,(H,25,27)/b24-14+. The predicted molar refractivity (Wildman–Crippen MR) is 118 cm³/mol. The number of carbonyl (C=O) groups excluding carboxylic acids is 1. The third-order valence-corrected chi connectivity index (χ3v) is 5.57. The Labute approximate surface area is 170 Å². The van der Waals surface area contributed by atoms with E-state index in [0.29, 0.717) is 5.75 Å². The lowest BCUT2D eigenvalue weighted by Crippen LogP contribution is -2.19. The van der Waals surface area contributed by atoms with Crippen LogP contribution >= 0.6 is 11.8 Å². The highest BCUT2D eigenvalue weighted by Crippen LogP contribution is 2.22. The van der Waals surface area contributed by atoms with Crippen LogP contribution in [0.2, 0.25) is 0 Å². The molecule has 5 heteroatoms. The molecule has 0 radical (unpaired) electrons. The second-order valence-electron chi connectivity index (χ2n) is 6.72. The molecule has 2 aromatic carbocycles. The predicted octanol–water partition coefficient (Wildman–Crippen LogP) is 4.79. The summed E-state index contributed by atoms with van der Waals surface area (Å²) in [6.07, 6.45) is 1.72. The molecule has 0 unspecified atom stereocenters. The summed E-state index contributed by atoms with van der Waals surface area (Å²) in [4.78, 5) is 12.0. The molecular formula is C23H25N3OS. The third-order valence-electron chi connectivity index (χ3n) is 4.56. The van der Waals surface area contributed by atoms with E-state index in [9.17, 15) is 4.79 Å². The Balaban J connectivity index is 1.58. The van der Waals surface area contributed by atoms with Crippen molar-refractivity contribution in [3.63, 3.8) is 0 Å². The van der Waals surface area contributed by atoms with Crippen LogP contribution in [0.15, 0.2) is 65.8 Å². The molecule has 0 aliphatic rings. The van der Waals surface area contributed by atoms with Crippen LogP contribution < -0.4 is 5.43 Å². The van der Waals surface area contributed by atoms with Crippen molar-refractivity contribution < 1.29 is 4.79 Å². The highest BCUT2D eigenvalue weighted by molar-refractivity contribution is 7.99. The molecule has 0 aliphatic carbocycles. The van der Waals surface area contributed by atoms with Gasteiger partial charge in [0.05, 0.1) is 12.0 Å². The Kier molecular flexibility index (Phi) is 6.71. The Hall–Kier alpha value is -2.79. The number of hydrazone groups is 1. The van der Waals surface area contributed by atoms with Crippen molar-refractivity contribution in [1.29, 1.82) is 0 Å². The van der Waals surface area contributed by atoms with Gasteiger partial charge in [-0.1, -0.05) is 48.5 Å². The van der Waals surface area contributed by atoms with E-state index in [1.54, 1.807) is 18.0 Å². The minimum absolute atomic E-state index is 0.0927. The van der Waals surface area contributed by atoms with E-state index in [2.05, 4.69) is 66.2 Å². The molecule has 0 saturated carbocycles. The van der Waals surface area contributed by atoms with Gasteiger partial charge in [-0.25, -0.2) is 5.43 Å². The van der Waals surface area contributed by atoms with Crippen LogP contribution in [0.1, 0.15) is 28.1 Å². The van der Waals surface area contributed by atoms with Crippen LogP contribution in [-0.4, -0.2) is 22.4 Å². The van der Waals surface area contributed by atoms with Crippen molar-refractivity contribution in [2.45, 2.75) is 26.5 Å². The first-order valence-corrected chi connectivity index (χ1v) is 10.4. The number of nitrogens with zero attached hydrogens (tertiary/aromatic N) is 2. The molecule has 1 N–H and O–H groups in total. The van der Waals surface area contributed by atoms with E-state index in [-0.39, 0.29) is 5.91 Å². The Morgan fingerprint density at radius 1 is 1.07 bits per heavy atom. The minimum Gasteiger partial charge on any atom is -0.318 e. The zero-order valence-corrected chi connectivity index (χ0v) is 17.3. The fourth-order valence-electron chi connectivity index (χ4n) is 3.15. The van der Waals surface area contributed by atoms with Crippen molar-refractivity contribution in [3.8, 4) is 5.69 Å². The van der Waals surface area contributed by atoms with Crippen molar-refractivity contribution in [2.24, 2.45) is 5.10 Å². The molecular weight excluding hydrogens is 366 g/mol. The molecule has 0 bridgehead atoms. The zero-order valence-electron chi connectivity index (χ0n) is 16.5. The molecule has 3 aromatic rings. The number of hydrogen-bond acceptors (Lipinski definition) is 3. The van der Waals surface area contributed by atoms with Crippen LogP contribution in [0.5, 0.6) is 0 Å². The van der Waals surface area contributed by atoms with Gasteiger partial charge in [-0.15, -0.1) is 11.8 Å². The maximum atomic E-state index is 12.0. The fourth-order valence-corrected chi connectivity index (χ4v) is 3.93. The molecule has 28 heavy (non-hydrogen) atoms. The number of carbonyl (C=O) groups is 1. The summed E-state index contributed by atoms with van der Waals surface area (Å²) in [5, 5.41) is 4.15. The quantitative estimate of drug-likeness (QED) is 0.465. The van der Waals surface area contributed by atoms with E-state index in [1.807, 2.05) is 30.3 Å². The van der Waals surface area contributed by atoms with Crippen LogP contribution in [0.25, 0.3) is 5.69 Å². The van der Waals surface area contributed by atoms with Gasteiger partial charge < -0.3 is 4.57 Å². The van der Waals surface area contributed by atoms with E-state index >= 15 is 0 Å². The van der Waals surface area contributed by atoms with Crippen LogP contribution in [0.4, 0.5) is 0 Å². The largest absolute Gasteiger partial charge is 0.318 e. The van der Waals surface area contributed by atoms with E-state index in [1.165, 1.54) is 16.8 Å². The number of aryl methyl sites for hydroxylation is 2. The van der Waals surface area contributed by atoms with Crippen molar-refractivity contribution >= 4 is 23.9 Å². The highest BCUT2D eigenvalue weighted by atomic mass is 32.2. The number of rotatable bonds is 7. The highest BCUT2D eigenvalue weighted by Gasteiger charge is 2.11. The Bertz CT molecular complexity index is 977. The summed E-state index contributed by atoms with van der Waals surface area (Å²) in [7, 11) is 0.